The molecule has 2 aromatic rings. The van der Waals surface area contributed by atoms with Crippen LogP contribution in [0.5, 0.6) is 0 Å². The van der Waals surface area contributed by atoms with Crippen molar-refractivity contribution in [3.05, 3.63) is 36.0 Å². The number of nitrogens with zero attached hydrogens (tertiary/aromatic N) is 1. The van der Waals surface area contributed by atoms with Gasteiger partial charge in [-0.2, -0.15) is 0 Å². The monoisotopic (exact) mass is 258 g/mol. The van der Waals surface area contributed by atoms with Crippen LogP contribution in [0.2, 0.25) is 0 Å². The fourth-order valence-electron chi connectivity index (χ4n) is 2.75. The molecule has 1 aromatic heterocycles. The average molecular weight is 258 g/mol. The topological polar surface area (TPSA) is 30.9 Å². The van der Waals surface area contributed by atoms with E-state index in [2.05, 4.69) is 42.0 Å². The number of aryl methyl sites for hydroxylation is 1. The lowest BCUT2D eigenvalue weighted by molar-refractivity contribution is 0.565. The average Bonchev–Trinajstić information content (AvgIpc) is 2.86. The van der Waals surface area contributed by atoms with Crippen LogP contribution < -0.4 is 5.73 Å². The second kappa shape index (κ2) is 7.34. The van der Waals surface area contributed by atoms with E-state index >= 15 is 0 Å². The van der Waals surface area contributed by atoms with Crippen molar-refractivity contribution in [2.45, 2.75) is 58.5 Å². The molecular weight excluding hydrogens is 232 g/mol. The first-order valence-electron chi connectivity index (χ1n) is 7.63. The highest BCUT2D eigenvalue weighted by molar-refractivity contribution is 5.83. The number of para-hydroxylation sites is 1. The molecule has 0 unspecified atom stereocenters. The van der Waals surface area contributed by atoms with Crippen molar-refractivity contribution >= 4 is 10.9 Å². The second-order valence-electron chi connectivity index (χ2n) is 5.34. The third kappa shape index (κ3) is 3.60. The minimum atomic E-state index is 0.623. The summed E-state index contributed by atoms with van der Waals surface area (Å²) in [6.07, 6.45) is 10.3. The van der Waals surface area contributed by atoms with E-state index in [1.54, 1.807) is 0 Å². The molecule has 0 saturated carbocycles. The van der Waals surface area contributed by atoms with Crippen LogP contribution in [0.1, 0.15) is 51.0 Å². The van der Waals surface area contributed by atoms with Crippen molar-refractivity contribution < 1.29 is 0 Å². The molecule has 0 aliphatic heterocycles. The highest BCUT2D eigenvalue weighted by atomic mass is 15.0. The number of fused-ring (bicyclic) bond motifs is 1. The zero-order chi connectivity index (χ0) is 13.5. The molecule has 2 nitrogen and oxygen atoms in total. The van der Waals surface area contributed by atoms with Crippen LogP contribution >= 0.6 is 0 Å². The standard InChI is InChI=1S/C17H26N2/c1-2-3-4-5-6-7-12-19-13-11-15-9-8-10-16(14-18)17(15)19/h8-11,13H,2-7,12,14,18H2,1H3. The van der Waals surface area contributed by atoms with Crippen molar-refractivity contribution in [3.8, 4) is 0 Å². The van der Waals surface area contributed by atoms with Crippen LogP contribution in [-0.2, 0) is 13.1 Å². The van der Waals surface area contributed by atoms with Crippen LogP contribution in [0.25, 0.3) is 10.9 Å². The lowest BCUT2D eigenvalue weighted by Gasteiger charge is -2.08. The molecule has 2 rings (SSSR count). The van der Waals surface area contributed by atoms with Crippen LogP contribution in [0.4, 0.5) is 0 Å². The molecular formula is C17H26N2. The Hall–Kier alpha value is -1.28. The molecule has 0 amide bonds. The van der Waals surface area contributed by atoms with Gasteiger partial charge >= 0.3 is 0 Å². The lowest BCUT2D eigenvalue weighted by atomic mass is 10.1. The molecule has 0 saturated heterocycles. The maximum absolute atomic E-state index is 5.84. The Labute approximate surface area is 116 Å². The molecule has 0 aliphatic carbocycles. The maximum atomic E-state index is 5.84. The molecule has 2 N–H and O–H groups in total. The summed E-state index contributed by atoms with van der Waals surface area (Å²) >= 11 is 0. The van der Waals surface area contributed by atoms with E-state index in [0.29, 0.717) is 6.54 Å². The number of rotatable bonds is 8. The highest BCUT2D eigenvalue weighted by Crippen LogP contribution is 2.21. The first-order chi connectivity index (χ1) is 9.36. The summed E-state index contributed by atoms with van der Waals surface area (Å²) in [5.74, 6) is 0. The van der Waals surface area contributed by atoms with E-state index in [0.717, 1.165) is 6.54 Å². The van der Waals surface area contributed by atoms with E-state index < -0.39 is 0 Å². The van der Waals surface area contributed by atoms with Gasteiger partial charge in [-0.1, -0.05) is 57.2 Å². The van der Waals surface area contributed by atoms with E-state index in [4.69, 9.17) is 5.73 Å². The van der Waals surface area contributed by atoms with Gasteiger partial charge in [-0.05, 0) is 23.4 Å². The van der Waals surface area contributed by atoms with Crippen LogP contribution in [0, 0.1) is 0 Å². The largest absolute Gasteiger partial charge is 0.347 e. The van der Waals surface area contributed by atoms with Gasteiger partial charge in [-0.25, -0.2) is 0 Å². The third-order valence-electron chi connectivity index (χ3n) is 3.84. The van der Waals surface area contributed by atoms with Gasteiger partial charge in [-0.3, -0.25) is 0 Å². The Balaban J connectivity index is 1.93. The molecule has 1 aromatic carbocycles. The Morgan fingerprint density at radius 2 is 1.79 bits per heavy atom. The number of aromatic nitrogens is 1. The molecule has 2 heteroatoms. The summed E-state index contributed by atoms with van der Waals surface area (Å²) in [6, 6.07) is 8.61. The van der Waals surface area contributed by atoms with E-state index in [1.807, 2.05) is 0 Å². The molecule has 1 heterocycles. The number of nitrogens with two attached hydrogens (primary N) is 1. The van der Waals surface area contributed by atoms with Crippen molar-refractivity contribution in [1.82, 2.24) is 4.57 Å². The van der Waals surface area contributed by atoms with Gasteiger partial charge in [0.15, 0.2) is 0 Å². The molecule has 0 radical (unpaired) electrons. The molecule has 0 atom stereocenters. The van der Waals surface area contributed by atoms with Gasteiger partial charge in [0.2, 0.25) is 0 Å². The predicted molar refractivity (Wildman–Crippen MR) is 83.2 cm³/mol. The van der Waals surface area contributed by atoms with Gasteiger partial charge in [0.1, 0.15) is 0 Å². The van der Waals surface area contributed by atoms with Crippen LogP contribution in [0.3, 0.4) is 0 Å². The molecule has 0 bridgehead atoms. The third-order valence-corrected chi connectivity index (χ3v) is 3.84. The fraction of sp³-hybridized carbons (Fsp3) is 0.529. The first kappa shape index (κ1) is 14.1. The number of hydrogen-bond acceptors (Lipinski definition) is 1. The predicted octanol–water partition coefficient (Wildman–Crippen LogP) is 4.46. The summed E-state index contributed by atoms with van der Waals surface area (Å²) in [5, 5.41) is 1.31. The summed E-state index contributed by atoms with van der Waals surface area (Å²) < 4.78 is 2.37. The maximum Gasteiger partial charge on any atom is 0.0525 e. The van der Waals surface area contributed by atoms with Crippen molar-refractivity contribution in [2.24, 2.45) is 5.73 Å². The lowest BCUT2D eigenvalue weighted by Crippen LogP contribution is -2.02. The Kier molecular flexibility index (Phi) is 5.46. The summed E-state index contributed by atoms with van der Waals surface area (Å²) in [6.45, 7) is 4.00. The summed E-state index contributed by atoms with van der Waals surface area (Å²) in [7, 11) is 0. The van der Waals surface area contributed by atoms with Crippen molar-refractivity contribution in [2.75, 3.05) is 0 Å². The number of benzene rings is 1. The minimum absolute atomic E-state index is 0.623. The summed E-state index contributed by atoms with van der Waals surface area (Å²) in [5.41, 5.74) is 8.43. The molecule has 0 aliphatic rings. The Morgan fingerprint density at radius 3 is 2.58 bits per heavy atom. The Morgan fingerprint density at radius 1 is 1.00 bits per heavy atom. The Bertz CT molecular complexity index is 499. The van der Waals surface area contributed by atoms with Gasteiger partial charge in [0, 0.05) is 19.3 Å². The second-order valence-corrected chi connectivity index (χ2v) is 5.34. The highest BCUT2D eigenvalue weighted by Gasteiger charge is 2.04. The first-order valence-corrected chi connectivity index (χ1v) is 7.63. The molecule has 19 heavy (non-hydrogen) atoms. The van der Waals surface area contributed by atoms with E-state index in [9.17, 15) is 0 Å². The smallest absolute Gasteiger partial charge is 0.0525 e. The van der Waals surface area contributed by atoms with E-state index in [-0.39, 0.29) is 0 Å². The van der Waals surface area contributed by atoms with E-state index in [1.165, 1.54) is 55.0 Å². The van der Waals surface area contributed by atoms with Gasteiger partial charge < -0.3 is 10.3 Å². The minimum Gasteiger partial charge on any atom is -0.347 e. The van der Waals surface area contributed by atoms with Crippen molar-refractivity contribution in [1.29, 1.82) is 0 Å². The normalized spacial score (nSPS) is 11.3. The molecule has 0 spiro atoms. The van der Waals surface area contributed by atoms with Gasteiger partial charge in [0.25, 0.3) is 0 Å². The number of hydrogen-bond donors (Lipinski definition) is 1. The quantitative estimate of drug-likeness (QED) is 0.696. The van der Waals surface area contributed by atoms with Crippen LogP contribution in [0.15, 0.2) is 30.5 Å². The summed E-state index contributed by atoms with van der Waals surface area (Å²) in [4.78, 5) is 0. The van der Waals surface area contributed by atoms with Gasteiger partial charge in [-0.15, -0.1) is 0 Å². The van der Waals surface area contributed by atoms with Crippen molar-refractivity contribution in [3.63, 3.8) is 0 Å². The molecule has 104 valence electrons. The SMILES string of the molecule is CCCCCCCCn1ccc2cccc(CN)c21. The van der Waals surface area contributed by atoms with Crippen LogP contribution in [-0.4, -0.2) is 4.57 Å². The molecule has 0 fully saturated rings. The number of unbranched alkanes of at least 4 members (excludes halogenated alkanes) is 5. The fourth-order valence-corrected chi connectivity index (χ4v) is 2.75. The zero-order valence-electron chi connectivity index (χ0n) is 12.1. The zero-order valence-corrected chi connectivity index (χ0v) is 12.1. The van der Waals surface area contributed by atoms with Gasteiger partial charge in [0.05, 0.1) is 5.52 Å².